The van der Waals surface area contributed by atoms with Gasteiger partial charge in [-0.2, -0.15) is 0 Å². The van der Waals surface area contributed by atoms with E-state index in [0.29, 0.717) is 62.2 Å². The van der Waals surface area contributed by atoms with E-state index in [-0.39, 0.29) is 6.61 Å². The maximum atomic E-state index is 10.3. The van der Waals surface area contributed by atoms with Crippen molar-refractivity contribution >= 4 is 11.6 Å². The molecule has 0 amide bonds. The molecule has 0 spiro atoms. The van der Waals surface area contributed by atoms with Gasteiger partial charge in [0.2, 0.25) is 0 Å². The number of halogens is 1. The predicted octanol–water partition coefficient (Wildman–Crippen LogP) is 3.05. The van der Waals surface area contributed by atoms with Crippen LogP contribution >= 0.6 is 11.6 Å². The summed E-state index contributed by atoms with van der Waals surface area (Å²) in [6.07, 6.45) is -0.0363. The number of aliphatic hydroxyl groups excluding tert-OH is 2. The number of aliphatic hydroxyl groups is 2. The van der Waals surface area contributed by atoms with Crippen molar-refractivity contribution in [3.8, 4) is 23.0 Å². The zero-order valence-corrected chi connectivity index (χ0v) is 17.8. The standard InChI is InChI=1S/C23H25ClO7/c24-21-14(7-13-1-2-18-20(8-13)28-4-3-27-18)9-17(22-23(21)30-6-5-29-22)19-11-15(26)10-16(12-25)31-19/h1-2,8-9,15-16,19,25-26H,3-7,10-12H2. The molecule has 1 saturated heterocycles. The molecule has 3 aliphatic rings. The average Bonchev–Trinajstić information content (AvgIpc) is 2.80. The van der Waals surface area contributed by atoms with Gasteiger partial charge in [-0.05, 0) is 35.7 Å². The second-order valence-corrected chi connectivity index (χ2v) is 8.38. The van der Waals surface area contributed by atoms with Crippen molar-refractivity contribution in [1.82, 2.24) is 0 Å². The molecule has 31 heavy (non-hydrogen) atoms. The Kier molecular flexibility index (Phi) is 5.84. The second kappa shape index (κ2) is 8.74. The van der Waals surface area contributed by atoms with Crippen LogP contribution in [-0.2, 0) is 11.2 Å². The van der Waals surface area contributed by atoms with Crippen LogP contribution < -0.4 is 18.9 Å². The number of fused-ring (bicyclic) bond motifs is 2. The van der Waals surface area contributed by atoms with Crippen molar-refractivity contribution in [1.29, 1.82) is 0 Å². The summed E-state index contributed by atoms with van der Waals surface area (Å²) in [6, 6.07) is 7.82. The lowest BCUT2D eigenvalue weighted by Crippen LogP contribution is -2.34. The fraction of sp³-hybridized carbons (Fsp3) is 0.478. The molecule has 0 radical (unpaired) electrons. The molecule has 3 unspecified atom stereocenters. The van der Waals surface area contributed by atoms with E-state index in [9.17, 15) is 10.2 Å². The van der Waals surface area contributed by atoms with Crippen molar-refractivity contribution < 1.29 is 33.9 Å². The average molecular weight is 449 g/mol. The highest BCUT2D eigenvalue weighted by Crippen LogP contribution is 2.48. The molecule has 0 aromatic heterocycles. The summed E-state index contributed by atoms with van der Waals surface area (Å²) in [6.45, 7) is 1.75. The van der Waals surface area contributed by atoms with E-state index in [1.54, 1.807) is 0 Å². The van der Waals surface area contributed by atoms with Gasteiger partial charge in [0.1, 0.15) is 26.4 Å². The molecule has 3 atom stereocenters. The van der Waals surface area contributed by atoms with Crippen LogP contribution in [0.5, 0.6) is 23.0 Å². The Balaban J connectivity index is 1.51. The molecule has 7 nitrogen and oxygen atoms in total. The fourth-order valence-corrected chi connectivity index (χ4v) is 4.61. The van der Waals surface area contributed by atoms with E-state index < -0.39 is 18.3 Å². The molecular formula is C23H25ClO7. The van der Waals surface area contributed by atoms with Crippen LogP contribution in [0.3, 0.4) is 0 Å². The lowest BCUT2D eigenvalue weighted by Gasteiger charge is -2.34. The highest BCUT2D eigenvalue weighted by Gasteiger charge is 2.34. The summed E-state index contributed by atoms with van der Waals surface area (Å²) >= 11 is 6.72. The van der Waals surface area contributed by atoms with Gasteiger partial charge in [0, 0.05) is 18.4 Å². The van der Waals surface area contributed by atoms with Gasteiger partial charge >= 0.3 is 0 Å². The number of hydrogen-bond acceptors (Lipinski definition) is 7. The first-order valence-corrected chi connectivity index (χ1v) is 10.9. The Morgan fingerprint density at radius 2 is 1.65 bits per heavy atom. The molecule has 0 aliphatic carbocycles. The monoisotopic (exact) mass is 448 g/mol. The quantitative estimate of drug-likeness (QED) is 0.743. The highest BCUT2D eigenvalue weighted by molar-refractivity contribution is 6.33. The first-order chi connectivity index (χ1) is 15.1. The molecule has 0 bridgehead atoms. The maximum absolute atomic E-state index is 10.3. The topological polar surface area (TPSA) is 86.6 Å². The first-order valence-electron chi connectivity index (χ1n) is 10.6. The Morgan fingerprint density at radius 1 is 0.903 bits per heavy atom. The van der Waals surface area contributed by atoms with Gasteiger partial charge in [-0.3, -0.25) is 0 Å². The van der Waals surface area contributed by atoms with E-state index in [1.807, 2.05) is 24.3 Å². The zero-order valence-electron chi connectivity index (χ0n) is 17.0. The van der Waals surface area contributed by atoms with Crippen LogP contribution in [0.2, 0.25) is 5.02 Å². The molecule has 3 aliphatic heterocycles. The van der Waals surface area contributed by atoms with Gasteiger partial charge in [-0.15, -0.1) is 0 Å². The van der Waals surface area contributed by atoms with Gasteiger partial charge in [-0.25, -0.2) is 0 Å². The van der Waals surface area contributed by atoms with E-state index in [0.717, 1.165) is 28.2 Å². The molecule has 2 aromatic rings. The molecule has 2 aromatic carbocycles. The van der Waals surface area contributed by atoms with Crippen LogP contribution in [0.4, 0.5) is 0 Å². The highest BCUT2D eigenvalue weighted by atomic mass is 35.5. The summed E-state index contributed by atoms with van der Waals surface area (Å²) in [4.78, 5) is 0. The Hall–Kier alpha value is -2.19. The number of hydrogen-bond donors (Lipinski definition) is 2. The smallest absolute Gasteiger partial charge is 0.180 e. The maximum Gasteiger partial charge on any atom is 0.180 e. The van der Waals surface area contributed by atoms with Crippen molar-refractivity contribution in [3.63, 3.8) is 0 Å². The van der Waals surface area contributed by atoms with E-state index in [1.165, 1.54) is 0 Å². The Labute approximate surface area is 185 Å². The zero-order chi connectivity index (χ0) is 21.4. The van der Waals surface area contributed by atoms with Crippen LogP contribution in [0, 0.1) is 0 Å². The molecule has 2 N–H and O–H groups in total. The summed E-state index contributed by atoms with van der Waals surface area (Å²) in [5.74, 6) is 2.52. The number of benzene rings is 2. The minimum Gasteiger partial charge on any atom is -0.486 e. The van der Waals surface area contributed by atoms with Crippen molar-refractivity contribution in [3.05, 3.63) is 46.0 Å². The van der Waals surface area contributed by atoms with Crippen LogP contribution in [-0.4, -0.2) is 55.5 Å². The third-order valence-electron chi connectivity index (χ3n) is 5.79. The first kappa shape index (κ1) is 20.7. The lowest BCUT2D eigenvalue weighted by atomic mass is 9.92. The van der Waals surface area contributed by atoms with Crippen molar-refractivity contribution in [2.24, 2.45) is 0 Å². The SMILES string of the molecule is OCC1CC(O)CC(c2cc(Cc3ccc4c(c3)OCCO4)c(Cl)c3c2OCCO3)O1. The second-order valence-electron chi connectivity index (χ2n) is 8.00. The third-order valence-corrected chi connectivity index (χ3v) is 6.20. The minimum atomic E-state index is -0.562. The molecule has 3 heterocycles. The molecular weight excluding hydrogens is 424 g/mol. The molecule has 0 saturated carbocycles. The summed E-state index contributed by atoms with van der Waals surface area (Å²) in [7, 11) is 0. The third kappa shape index (κ3) is 4.15. The molecule has 1 fully saturated rings. The van der Waals surface area contributed by atoms with Crippen molar-refractivity contribution in [2.45, 2.75) is 37.6 Å². The van der Waals surface area contributed by atoms with Crippen molar-refractivity contribution in [2.75, 3.05) is 33.0 Å². The Bertz CT molecular complexity index is 963. The Morgan fingerprint density at radius 3 is 2.45 bits per heavy atom. The van der Waals surface area contributed by atoms with Crippen LogP contribution in [0.1, 0.15) is 35.6 Å². The molecule has 8 heteroatoms. The largest absolute Gasteiger partial charge is 0.486 e. The van der Waals surface area contributed by atoms with Crippen LogP contribution in [0.15, 0.2) is 24.3 Å². The van der Waals surface area contributed by atoms with Gasteiger partial charge in [0.15, 0.2) is 23.0 Å². The van der Waals surface area contributed by atoms with E-state index >= 15 is 0 Å². The fourth-order valence-electron chi connectivity index (χ4n) is 4.35. The van der Waals surface area contributed by atoms with Gasteiger partial charge in [0.25, 0.3) is 0 Å². The molecule has 5 rings (SSSR count). The summed E-state index contributed by atoms with van der Waals surface area (Å²) in [5.41, 5.74) is 2.66. The van der Waals surface area contributed by atoms with Crippen LogP contribution in [0.25, 0.3) is 0 Å². The minimum absolute atomic E-state index is 0.148. The van der Waals surface area contributed by atoms with Gasteiger partial charge in [0.05, 0.1) is 29.9 Å². The van der Waals surface area contributed by atoms with Gasteiger partial charge in [-0.1, -0.05) is 17.7 Å². The number of ether oxygens (including phenoxy) is 5. The normalized spacial score (nSPS) is 24.7. The lowest BCUT2D eigenvalue weighted by molar-refractivity contribution is -0.114. The van der Waals surface area contributed by atoms with E-state index in [4.69, 9.17) is 35.3 Å². The van der Waals surface area contributed by atoms with Gasteiger partial charge < -0.3 is 33.9 Å². The summed E-state index contributed by atoms with van der Waals surface area (Å²) in [5, 5.41) is 20.4. The molecule has 166 valence electrons. The number of rotatable bonds is 4. The summed E-state index contributed by atoms with van der Waals surface area (Å²) < 4.78 is 29.1. The van der Waals surface area contributed by atoms with E-state index in [2.05, 4.69) is 0 Å². The predicted molar refractivity (Wildman–Crippen MR) is 113 cm³/mol.